The van der Waals surface area contributed by atoms with Gasteiger partial charge in [0.05, 0.1) is 11.1 Å². The van der Waals surface area contributed by atoms with Gasteiger partial charge in [-0.2, -0.15) is 0 Å². The van der Waals surface area contributed by atoms with Crippen LogP contribution in [0.15, 0.2) is 58.1 Å². The third kappa shape index (κ3) is 3.61. The Bertz CT molecular complexity index is 1530. The first-order valence-electron chi connectivity index (χ1n) is 10.8. The number of benzene rings is 2. The maximum atomic E-state index is 13.6. The molecular formula is C25H22ClN3O3S. The lowest BCUT2D eigenvalue weighted by Gasteiger charge is -2.29. The molecule has 168 valence electrons. The molecule has 33 heavy (non-hydrogen) atoms. The summed E-state index contributed by atoms with van der Waals surface area (Å²) in [5.74, 6) is -0.175. The predicted octanol–water partition coefficient (Wildman–Crippen LogP) is 4.46. The molecule has 6 nitrogen and oxygen atoms in total. The molecule has 2 aromatic heterocycles. The van der Waals surface area contributed by atoms with E-state index in [1.54, 1.807) is 29.2 Å². The molecule has 0 N–H and O–H groups in total. The minimum Gasteiger partial charge on any atom is -0.311 e. The number of aromatic nitrogens is 2. The van der Waals surface area contributed by atoms with Gasteiger partial charge in [-0.25, -0.2) is 9.36 Å². The Balaban J connectivity index is 1.69. The third-order valence-electron chi connectivity index (χ3n) is 6.22. The summed E-state index contributed by atoms with van der Waals surface area (Å²) < 4.78 is 2.55. The van der Waals surface area contributed by atoms with Crippen LogP contribution in [0.4, 0.5) is 5.69 Å². The van der Waals surface area contributed by atoms with Gasteiger partial charge in [0, 0.05) is 22.1 Å². The number of nitrogens with zero attached hydrogens (tertiary/aromatic N) is 3. The maximum Gasteiger partial charge on any atom is 0.337 e. The molecule has 2 aromatic carbocycles. The number of amides is 1. The number of carbonyl (C=O) groups is 1. The molecule has 0 spiro atoms. The van der Waals surface area contributed by atoms with Crippen LogP contribution in [0.2, 0.25) is 5.02 Å². The fourth-order valence-electron chi connectivity index (χ4n) is 4.45. The summed E-state index contributed by atoms with van der Waals surface area (Å²) in [5, 5.41) is 0.883. The zero-order valence-corrected chi connectivity index (χ0v) is 19.9. The van der Waals surface area contributed by atoms with E-state index >= 15 is 0 Å². The molecule has 5 rings (SSSR count). The Hall–Kier alpha value is -3.16. The average molecular weight is 480 g/mol. The zero-order chi connectivity index (χ0) is 23.3. The molecule has 1 aliphatic heterocycles. The number of hydrogen-bond acceptors (Lipinski definition) is 4. The van der Waals surface area contributed by atoms with Crippen molar-refractivity contribution in [2.75, 3.05) is 11.4 Å². The van der Waals surface area contributed by atoms with Crippen molar-refractivity contribution in [1.29, 1.82) is 0 Å². The van der Waals surface area contributed by atoms with Gasteiger partial charge in [0.2, 0.25) is 5.91 Å². The van der Waals surface area contributed by atoms with E-state index in [9.17, 15) is 14.4 Å². The van der Waals surface area contributed by atoms with Crippen molar-refractivity contribution in [2.24, 2.45) is 0 Å². The number of halogens is 1. The number of aryl methyl sites for hydroxylation is 3. The maximum absolute atomic E-state index is 13.6. The highest BCUT2D eigenvalue weighted by Gasteiger charge is 2.26. The van der Waals surface area contributed by atoms with E-state index in [4.69, 9.17) is 11.6 Å². The summed E-state index contributed by atoms with van der Waals surface area (Å²) in [4.78, 5) is 43.7. The number of rotatable bonds is 3. The van der Waals surface area contributed by atoms with E-state index in [0.29, 0.717) is 27.5 Å². The highest BCUT2D eigenvalue weighted by atomic mass is 35.5. The van der Waals surface area contributed by atoms with E-state index < -0.39 is 11.2 Å². The van der Waals surface area contributed by atoms with Gasteiger partial charge in [-0.15, -0.1) is 11.3 Å². The standard InChI is InChI=1S/C25H22ClN3O3S/c1-15-16(2)33-24-22(15)23(31)29(19-10-5-9-18(26)13-19)25(32)28(24)14-21(30)27-12-6-8-17-7-3-4-11-20(17)27/h3-5,7,9-11,13H,6,8,12,14H2,1-2H3. The molecule has 3 heterocycles. The summed E-state index contributed by atoms with van der Waals surface area (Å²) >= 11 is 7.51. The van der Waals surface area contributed by atoms with Crippen LogP contribution in [0, 0.1) is 13.8 Å². The second-order valence-electron chi connectivity index (χ2n) is 8.23. The predicted molar refractivity (Wildman–Crippen MR) is 133 cm³/mol. The Kier molecular flexibility index (Phi) is 5.46. The van der Waals surface area contributed by atoms with E-state index in [1.165, 1.54) is 15.9 Å². The van der Waals surface area contributed by atoms with Gasteiger partial charge in [0.15, 0.2) is 0 Å². The first kappa shape index (κ1) is 21.7. The Morgan fingerprint density at radius 1 is 1.09 bits per heavy atom. The van der Waals surface area contributed by atoms with Crippen molar-refractivity contribution in [1.82, 2.24) is 9.13 Å². The lowest BCUT2D eigenvalue weighted by Crippen LogP contribution is -2.43. The SMILES string of the molecule is Cc1sc2c(c1C)c(=O)n(-c1cccc(Cl)c1)c(=O)n2CC(=O)N1CCCc2ccccc21. The van der Waals surface area contributed by atoms with Crippen molar-refractivity contribution in [3.05, 3.63) is 90.4 Å². The smallest absolute Gasteiger partial charge is 0.311 e. The van der Waals surface area contributed by atoms with Crippen molar-refractivity contribution in [2.45, 2.75) is 33.2 Å². The number of fused-ring (bicyclic) bond motifs is 2. The largest absolute Gasteiger partial charge is 0.337 e. The molecule has 0 saturated heterocycles. The van der Waals surface area contributed by atoms with Gasteiger partial charge in [-0.05, 0) is 62.1 Å². The van der Waals surface area contributed by atoms with Gasteiger partial charge >= 0.3 is 5.69 Å². The molecule has 1 amide bonds. The van der Waals surface area contributed by atoms with Crippen LogP contribution in [0.5, 0.6) is 0 Å². The summed E-state index contributed by atoms with van der Waals surface area (Å²) in [6.45, 7) is 4.24. The van der Waals surface area contributed by atoms with Crippen molar-refractivity contribution < 1.29 is 4.79 Å². The summed E-state index contributed by atoms with van der Waals surface area (Å²) in [7, 11) is 0. The number of para-hydroxylation sites is 1. The number of hydrogen-bond donors (Lipinski definition) is 0. The molecule has 0 fully saturated rings. The Morgan fingerprint density at radius 3 is 2.67 bits per heavy atom. The first-order valence-corrected chi connectivity index (χ1v) is 12.0. The fraction of sp³-hybridized carbons (Fsp3) is 0.240. The van der Waals surface area contributed by atoms with Crippen LogP contribution in [0.3, 0.4) is 0 Å². The monoisotopic (exact) mass is 479 g/mol. The Morgan fingerprint density at radius 2 is 1.88 bits per heavy atom. The van der Waals surface area contributed by atoms with E-state index in [0.717, 1.165) is 39.1 Å². The van der Waals surface area contributed by atoms with Gasteiger partial charge in [-0.1, -0.05) is 35.9 Å². The van der Waals surface area contributed by atoms with Gasteiger partial charge in [0.25, 0.3) is 5.56 Å². The molecule has 0 unspecified atom stereocenters. The highest BCUT2D eigenvalue weighted by Crippen LogP contribution is 2.29. The molecular weight excluding hydrogens is 458 g/mol. The number of anilines is 1. The van der Waals surface area contributed by atoms with Gasteiger partial charge in [-0.3, -0.25) is 14.2 Å². The fourth-order valence-corrected chi connectivity index (χ4v) is 5.78. The quantitative estimate of drug-likeness (QED) is 0.435. The minimum atomic E-state index is -0.547. The average Bonchev–Trinajstić information content (AvgIpc) is 3.10. The summed E-state index contributed by atoms with van der Waals surface area (Å²) in [6.07, 6.45) is 1.79. The molecule has 0 aliphatic carbocycles. The van der Waals surface area contributed by atoms with Crippen LogP contribution in [0.25, 0.3) is 15.9 Å². The zero-order valence-electron chi connectivity index (χ0n) is 18.3. The molecule has 1 aliphatic rings. The van der Waals surface area contributed by atoms with Crippen LogP contribution in [-0.4, -0.2) is 21.6 Å². The molecule has 0 saturated carbocycles. The van der Waals surface area contributed by atoms with E-state index in [2.05, 4.69) is 0 Å². The van der Waals surface area contributed by atoms with Gasteiger partial charge < -0.3 is 4.90 Å². The molecule has 0 atom stereocenters. The van der Waals surface area contributed by atoms with Gasteiger partial charge in [0.1, 0.15) is 11.4 Å². The van der Waals surface area contributed by atoms with Crippen molar-refractivity contribution >= 4 is 44.7 Å². The van der Waals surface area contributed by atoms with Crippen LogP contribution in [-0.2, 0) is 17.8 Å². The topological polar surface area (TPSA) is 64.3 Å². The second-order valence-corrected chi connectivity index (χ2v) is 9.87. The lowest BCUT2D eigenvalue weighted by molar-refractivity contribution is -0.119. The number of carbonyl (C=O) groups excluding carboxylic acids is 1. The van der Waals surface area contributed by atoms with Crippen LogP contribution < -0.4 is 16.1 Å². The van der Waals surface area contributed by atoms with Crippen molar-refractivity contribution in [3.8, 4) is 5.69 Å². The summed E-state index contributed by atoms with van der Waals surface area (Å²) in [6, 6.07) is 14.5. The number of thiophene rings is 1. The second kappa shape index (κ2) is 8.32. The minimum absolute atomic E-state index is 0.149. The first-order chi connectivity index (χ1) is 15.9. The third-order valence-corrected chi connectivity index (χ3v) is 7.69. The van der Waals surface area contributed by atoms with Crippen LogP contribution >= 0.6 is 22.9 Å². The lowest BCUT2D eigenvalue weighted by atomic mass is 10.0. The van der Waals surface area contributed by atoms with E-state index in [1.807, 2.05) is 38.1 Å². The van der Waals surface area contributed by atoms with Crippen LogP contribution in [0.1, 0.15) is 22.4 Å². The molecule has 4 aromatic rings. The highest BCUT2D eigenvalue weighted by molar-refractivity contribution is 7.18. The van der Waals surface area contributed by atoms with E-state index in [-0.39, 0.29) is 12.5 Å². The molecule has 0 bridgehead atoms. The normalized spacial score (nSPS) is 13.4. The Labute approximate surface area is 199 Å². The van der Waals surface area contributed by atoms with Crippen molar-refractivity contribution in [3.63, 3.8) is 0 Å². The molecule has 0 radical (unpaired) electrons. The molecule has 8 heteroatoms. The summed E-state index contributed by atoms with van der Waals surface area (Å²) in [5.41, 5.74) is 2.27.